The molecule has 1 heterocycles. The number of amides is 1. The lowest BCUT2D eigenvalue weighted by Gasteiger charge is -2.61. The zero-order valence-corrected chi connectivity index (χ0v) is 11.6. The summed E-state index contributed by atoms with van der Waals surface area (Å²) in [6, 6.07) is 0. The Kier molecular flexibility index (Phi) is 3.00. The molecule has 1 saturated carbocycles. The van der Waals surface area contributed by atoms with Crippen molar-refractivity contribution in [3.63, 3.8) is 0 Å². The van der Waals surface area contributed by atoms with E-state index < -0.39 is 11.1 Å². The van der Waals surface area contributed by atoms with Crippen molar-refractivity contribution >= 4 is 5.91 Å². The van der Waals surface area contributed by atoms with Gasteiger partial charge in [-0.05, 0) is 20.3 Å². The first-order valence-electron chi connectivity index (χ1n) is 6.51. The third-order valence-electron chi connectivity index (χ3n) is 4.68. The number of hydrogen-bond donors (Lipinski definition) is 3. The quantitative estimate of drug-likeness (QED) is 0.664. The second-order valence-electron chi connectivity index (χ2n) is 6.77. The number of carbonyl (C=O) groups is 1. The molecule has 0 radical (unpaired) electrons. The van der Waals surface area contributed by atoms with Crippen LogP contribution < -0.4 is 11.1 Å². The molecule has 0 bridgehead atoms. The number of rotatable bonds is 3. The molecule has 1 saturated heterocycles. The summed E-state index contributed by atoms with van der Waals surface area (Å²) in [6.07, 6.45) is 0.905. The zero-order chi connectivity index (χ0) is 13.8. The molecule has 3 atom stereocenters. The van der Waals surface area contributed by atoms with Gasteiger partial charge in [-0.15, -0.1) is 0 Å². The largest absolute Gasteiger partial charge is 0.394 e. The molecule has 18 heavy (non-hydrogen) atoms. The fourth-order valence-corrected chi connectivity index (χ4v) is 3.30. The molecular weight excluding hydrogens is 232 g/mol. The van der Waals surface area contributed by atoms with E-state index >= 15 is 0 Å². The second-order valence-corrected chi connectivity index (χ2v) is 6.77. The van der Waals surface area contributed by atoms with Crippen LogP contribution in [0.2, 0.25) is 0 Å². The molecule has 1 amide bonds. The van der Waals surface area contributed by atoms with E-state index in [2.05, 4.69) is 5.32 Å². The molecule has 104 valence electrons. The van der Waals surface area contributed by atoms with E-state index in [1.54, 1.807) is 13.8 Å². The predicted molar refractivity (Wildman–Crippen MR) is 67.9 cm³/mol. The van der Waals surface area contributed by atoms with Gasteiger partial charge in [-0.25, -0.2) is 0 Å². The Balaban J connectivity index is 2.19. The Morgan fingerprint density at radius 1 is 1.56 bits per heavy atom. The van der Waals surface area contributed by atoms with Crippen LogP contribution in [-0.2, 0) is 9.53 Å². The third-order valence-corrected chi connectivity index (χ3v) is 4.68. The van der Waals surface area contributed by atoms with Crippen LogP contribution in [0.3, 0.4) is 0 Å². The highest BCUT2D eigenvalue weighted by atomic mass is 16.5. The molecule has 5 nitrogen and oxygen atoms in total. The maximum atomic E-state index is 12.5. The molecule has 1 aliphatic heterocycles. The van der Waals surface area contributed by atoms with Gasteiger partial charge in [0.05, 0.1) is 18.2 Å². The molecule has 0 aromatic carbocycles. The first-order chi connectivity index (χ1) is 8.17. The first-order valence-corrected chi connectivity index (χ1v) is 6.51. The topological polar surface area (TPSA) is 84.6 Å². The van der Waals surface area contributed by atoms with Crippen molar-refractivity contribution in [2.45, 2.75) is 51.3 Å². The number of aliphatic hydroxyl groups is 1. The molecule has 5 heteroatoms. The maximum Gasteiger partial charge on any atom is 0.241 e. The zero-order valence-electron chi connectivity index (χ0n) is 11.6. The highest BCUT2D eigenvalue weighted by Crippen LogP contribution is 2.58. The highest BCUT2D eigenvalue weighted by Gasteiger charge is 2.71. The monoisotopic (exact) mass is 256 g/mol. The van der Waals surface area contributed by atoms with Crippen molar-refractivity contribution in [2.75, 3.05) is 13.2 Å². The maximum absolute atomic E-state index is 12.5. The Bertz CT molecular complexity index is 367. The minimum absolute atomic E-state index is 0.0745. The summed E-state index contributed by atoms with van der Waals surface area (Å²) in [5.74, 6) is -0.0970. The molecule has 3 unspecified atom stereocenters. The third kappa shape index (κ3) is 1.61. The number of fused-ring (bicyclic) bond motifs is 1. The summed E-state index contributed by atoms with van der Waals surface area (Å²) < 4.78 is 5.66. The van der Waals surface area contributed by atoms with Gasteiger partial charge in [0.25, 0.3) is 0 Å². The van der Waals surface area contributed by atoms with Crippen LogP contribution in [0.25, 0.3) is 0 Å². The lowest BCUT2D eigenvalue weighted by Crippen LogP contribution is -2.81. The Morgan fingerprint density at radius 3 is 2.72 bits per heavy atom. The summed E-state index contributed by atoms with van der Waals surface area (Å²) in [7, 11) is 0. The van der Waals surface area contributed by atoms with Crippen LogP contribution in [-0.4, -0.2) is 41.4 Å². The fraction of sp³-hybridized carbons (Fsp3) is 0.923. The number of nitrogens with one attached hydrogen (secondary N) is 1. The molecule has 0 aromatic heterocycles. The lowest BCUT2D eigenvalue weighted by atomic mass is 9.48. The van der Waals surface area contributed by atoms with E-state index in [4.69, 9.17) is 10.5 Å². The van der Waals surface area contributed by atoms with Crippen molar-refractivity contribution in [3.05, 3.63) is 0 Å². The van der Waals surface area contributed by atoms with Gasteiger partial charge in [-0.1, -0.05) is 13.8 Å². The molecule has 1 aliphatic carbocycles. The Hall–Kier alpha value is -0.650. The number of hydrogen-bond acceptors (Lipinski definition) is 4. The minimum atomic E-state index is -0.902. The van der Waals surface area contributed by atoms with E-state index in [0.29, 0.717) is 6.61 Å². The van der Waals surface area contributed by atoms with E-state index in [9.17, 15) is 9.90 Å². The van der Waals surface area contributed by atoms with E-state index in [-0.39, 0.29) is 30.0 Å². The van der Waals surface area contributed by atoms with Crippen molar-refractivity contribution < 1.29 is 14.6 Å². The molecule has 2 fully saturated rings. The number of ether oxygens (including phenoxy) is 1. The van der Waals surface area contributed by atoms with E-state index in [0.717, 1.165) is 6.42 Å². The fourth-order valence-electron chi connectivity index (χ4n) is 3.30. The lowest BCUT2D eigenvalue weighted by molar-refractivity contribution is -0.177. The Labute approximate surface area is 108 Å². The van der Waals surface area contributed by atoms with Crippen LogP contribution in [0.4, 0.5) is 0 Å². The predicted octanol–water partition coefficient (Wildman–Crippen LogP) is 0.0159. The van der Waals surface area contributed by atoms with Gasteiger partial charge < -0.3 is 20.9 Å². The molecule has 0 spiro atoms. The summed E-state index contributed by atoms with van der Waals surface area (Å²) in [4.78, 5) is 12.5. The van der Waals surface area contributed by atoms with Gasteiger partial charge in [0.15, 0.2) is 0 Å². The number of carbonyl (C=O) groups excluding carboxylic acids is 1. The average Bonchev–Trinajstić information content (AvgIpc) is 2.74. The molecular formula is C13H24N2O3. The van der Waals surface area contributed by atoms with E-state index in [1.165, 1.54) is 0 Å². The molecule has 4 N–H and O–H groups in total. The Morgan fingerprint density at radius 2 is 2.17 bits per heavy atom. The number of nitrogens with two attached hydrogens (primary N) is 1. The average molecular weight is 256 g/mol. The summed E-state index contributed by atoms with van der Waals surface area (Å²) >= 11 is 0. The summed E-state index contributed by atoms with van der Waals surface area (Å²) in [5, 5.41) is 12.1. The van der Waals surface area contributed by atoms with Crippen molar-refractivity contribution in [1.29, 1.82) is 0 Å². The van der Waals surface area contributed by atoms with Crippen LogP contribution in [0.1, 0.15) is 34.1 Å². The van der Waals surface area contributed by atoms with E-state index in [1.807, 2.05) is 13.8 Å². The van der Waals surface area contributed by atoms with Gasteiger partial charge >= 0.3 is 0 Å². The number of aliphatic hydroxyl groups excluding tert-OH is 1. The first kappa shape index (κ1) is 13.8. The van der Waals surface area contributed by atoms with Crippen LogP contribution >= 0.6 is 0 Å². The van der Waals surface area contributed by atoms with Gasteiger partial charge in [0, 0.05) is 17.9 Å². The van der Waals surface area contributed by atoms with Crippen LogP contribution in [0.5, 0.6) is 0 Å². The standard InChI is InChI=1S/C13H24N2O3/c1-11(2,7-16)15-10(17)13(14)8-5-6-18-9(8)12(13,3)4/h8-9,16H,5-7,14H2,1-4H3,(H,15,17). The normalized spacial score (nSPS) is 37.9. The van der Waals surface area contributed by atoms with Gasteiger partial charge in [-0.3, -0.25) is 4.79 Å². The molecule has 2 rings (SSSR count). The summed E-state index contributed by atoms with van der Waals surface area (Å²) in [6.45, 7) is 8.08. The molecule has 0 aromatic rings. The second kappa shape index (κ2) is 3.92. The van der Waals surface area contributed by atoms with Crippen molar-refractivity contribution in [3.8, 4) is 0 Å². The van der Waals surface area contributed by atoms with Crippen LogP contribution in [0.15, 0.2) is 0 Å². The van der Waals surface area contributed by atoms with Gasteiger partial charge in [0.2, 0.25) is 5.91 Å². The molecule has 2 aliphatic rings. The van der Waals surface area contributed by atoms with Gasteiger partial charge in [0.1, 0.15) is 5.54 Å². The SMILES string of the molecule is CC(C)(CO)NC(=O)C1(N)C2CCOC2C1(C)C. The highest BCUT2D eigenvalue weighted by molar-refractivity contribution is 5.90. The minimum Gasteiger partial charge on any atom is -0.394 e. The summed E-state index contributed by atoms with van der Waals surface area (Å²) in [5.41, 5.74) is 4.48. The van der Waals surface area contributed by atoms with Crippen molar-refractivity contribution in [2.24, 2.45) is 17.1 Å². The van der Waals surface area contributed by atoms with Crippen molar-refractivity contribution in [1.82, 2.24) is 5.32 Å². The smallest absolute Gasteiger partial charge is 0.241 e. The van der Waals surface area contributed by atoms with Gasteiger partial charge in [-0.2, -0.15) is 0 Å². The van der Waals surface area contributed by atoms with Crippen LogP contribution in [0, 0.1) is 11.3 Å².